The summed E-state index contributed by atoms with van der Waals surface area (Å²) in [5, 5.41) is 0.526. The third-order valence-electron chi connectivity index (χ3n) is 2.66. The third-order valence-corrected chi connectivity index (χ3v) is 3.67. The number of Topliss-reactive ketones (excluding diaryl/α,β-unsaturated/α-hetero) is 1. The van der Waals surface area contributed by atoms with E-state index in [0.29, 0.717) is 22.9 Å². The van der Waals surface area contributed by atoms with Crippen LogP contribution in [0, 0.1) is 0 Å². The van der Waals surface area contributed by atoms with E-state index in [2.05, 4.69) is 15.9 Å². The van der Waals surface area contributed by atoms with Gasteiger partial charge in [-0.1, -0.05) is 45.7 Å². The highest BCUT2D eigenvalue weighted by atomic mass is 79.9. The zero-order valence-electron chi connectivity index (χ0n) is 10.3. The first-order valence-corrected chi connectivity index (χ1v) is 6.91. The number of carbonyl (C=O) groups is 1. The Bertz CT molecular complexity index is 611. The van der Waals surface area contributed by atoms with Gasteiger partial charge in [0.15, 0.2) is 5.78 Å². The van der Waals surface area contributed by atoms with Crippen LogP contribution in [0.4, 0.5) is 0 Å². The molecule has 0 unspecified atom stereocenters. The van der Waals surface area contributed by atoms with Crippen LogP contribution in [0.15, 0.2) is 46.9 Å². The van der Waals surface area contributed by atoms with Crippen LogP contribution >= 0.6 is 27.5 Å². The highest BCUT2D eigenvalue weighted by Crippen LogP contribution is 2.25. The highest BCUT2D eigenvalue weighted by molar-refractivity contribution is 9.10. The molecule has 0 aromatic heterocycles. The van der Waals surface area contributed by atoms with Crippen molar-refractivity contribution in [2.75, 3.05) is 0 Å². The molecule has 0 atom stereocenters. The van der Waals surface area contributed by atoms with E-state index in [0.717, 1.165) is 10.0 Å². The zero-order chi connectivity index (χ0) is 13.8. The van der Waals surface area contributed by atoms with Crippen LogP contribution < -0.4 is 4.74 Å². The van der Waals surface area contributed by atoms with Crippen molar-refractivity contribution in [3.63, 3.8) is 0 Å². The van der Waals surface area contributed by atoms with Gasteiger partial charge < -0.3 is 4.74 Å². The van der Waals surface area contributed by atoms with Crippen molar-refractivity contribution >= 4 is 33.3 Å². The molecular formula is C15H12BrClO2. The van der Waals surface area contributed by atoms with E-state index in [1.54, 1.807) is 18.2 Å². The lowest BCUT2D eigenvalue weighted by atomic mass is 10.1. The van der Waals surface area contributed by atoms with Gasteiger partial charge >= 0.3 is 0 Å². The average Bonchev–Trinajstić information content (AvgIpc) is 2.38. The molecule has 0 saturated carbocycles. The Morgan fingerprint density at radius 3 is 2.68 bits per heavy atom. The Labute approximate surface area is 125 Å². The lowest BCUT2D eigenvalue weighted by molar-refractivity contribution is 0.101. The van der Waals surface area contributed by atoms with Gasteiger partial charge in [0.1, 0.15) is 12.4 Å². The van der Waals surface area contributed by atoms with Gasteiger partial charge in [-0.15, -0.1) is 0 Å². The molecule has 2 aromatic rings. The summed E-state index contributed by atoms with van der Waals surface area (Å²) in [6, 6.07) is 12.9. The maximum Gasteiger partial charge on any atom is 0.163 e. The molecular weight excluding hydrogens is 328 g/mol. The molecule has 2 aromatic carbocycles. The van der Waals surface area contributed by atoms with Gasteiger partial charge in [-0.3, -0.25) is 4.79 Å². The first-order valence-electron chi connectivity index (χ1n) is 5.74. The van der Waals surface area contributed by atoms with Crippen molar-refractivity contribution in [2.45, 2.75) is 13.5 Å². The second-order valence-corrected chi connectivity index (χ2v) is 5.37. The molecule has 2 rings (SSSR count). The van der Waals surface area contributed by atoms with Gasteiger partial charge in [0.05, 0.1) is 5.56 Å². The first kappa shape index (κ1) is 14.1. The van der Waals surface area contributed by atoms with Crippen LogP contribution in [0.2, 0.25) is 5.02 Å². The number of carbonyl (C=O) groups excluding carboxylic acids is 1. The summed E-state index contributed by atoms with van der Waals surface area (Å²) in [4.78, 5) is 11.5. The minimum atomic E-state index is -0.0652. The van der Waals surface area contributed by atoms with Crippen molar-refractivity contribution in [2.24, 2.45) is 0 Å². The Kier molecular flexibility index (Phi) is 4.61. The molecule has 19 heavy (non-hydrogen) atoms. The molecule has 0 aliphatic rings. The third kappa shape index (κ3) is 3.58. The van der Waals surface area contributed by atoms with E-state index < -0.39 is 0 Å². The van der Waals surface area contributed by atoms with Crippen molar-refractivity contribution in [1.29, 1.82) is 0 Å². The smallest absolute Gasteiger partial charge is 0.163 e. The Morgan fingerprint density at radius 1 is 1.26 bits per heavy atom. The molecule has 2 nitrogen and oxygen atoms in total. The normalized spacial score (nSPS) is 10.3. The van der Waals surface area contributed by atoms with E-state index in [9.17, 15) is 4.79 Å². The number of ketones is 1. The van der Waals surface area contributed by atoms with Crippen LogP contribution in [0.25, 0.3) is 0 Å². The van der Waals surface area contributed by atoms with E-state index in [-0.39, 0.29) is 5.78 Å². The number of benzene rings is 2. The fourth-order valence-corrected chi connectivity index (χ4v) is 2.25. The van der Waals surface area contributed by atoms with E-state index in [1.807, 2.05) is 24.3 Å². The lowest BCUT2D eigenvalue weighted by Gasteiger charge is -2.11. The summed E-state index contributed by atoms with van der Waals surface area (Å²) in [5.41, 5.74) is 1.52. The average molecular weight is 340 g/mol. The molecule has 0 aliphatic carbocycles. The monoisotopic (exact) mass is 338 g/mol. The topological polar surface area (TPSA) is 26.3 Å². The van der Waals surface area contributed by atoms with E-state index in [4.69, 9.17) is 16.3 Å². The molecule has 0 aliphatic heterocycles. The molecule has 0 spiro atoms. The molecule has 4 heteroatoms. The quantitative estimate of drug-likeness (QED) is 0.742. The second kappa shape index (κ2) is 6.22. The minimum Gasteiger partial charge on any atom is -0.488 e. The first-order chi connectivity index (χ1) is 9.08. The lowest BCUT2D eigenvalue weighted by Crippen LogP contribution is -2.02. The van der Waals surface area contributed by atoms with Gasteiger partial charge in [-0.05, 0) is 31.2 Å². The van der Waals surface area contributed by atoms with Crippen LogP contribution in [-0.4, -0.2) is 5.78 Å². The van der Waals surface area contributed by atoms with Crippen molar-refractivity contribution in [1.82, 2.24) is 0 Å². The fourth-order valence-electron chi connectivity index (χ4n) is 1.67. The predicted molar refractivity (Wildman–Crippen MR) is 79.9 cm³/mol. The summed E-state index contributed by atoms with van der Waals surface area (Å²) in [6.45, 7) is 1.89. The molecule has 0 saturated heterocycles. The maximum atomic E-state index is 11.5. The maximum absolute atomic E-state index is 11.5. The predicted octanol–water partition coefficient (Wildman–Crippen LogP) is 4.88. The van der Waals surface area contributed by atoms with E-state index in [1.165, 1.54) is 6.92 Å². The van der Waals surface area contributed by atoms with Crippen molar-refractivity contribution in [3.05, 3.63) is 63.1 Å². The standard InChI is InChI=1S/C15H12BrClO2/c1-10(18)13-8-12(17)6-7-15(13)19-9-11-4-2-3-5-14(11)16/h2-8H,9H2,1H3. The summed E-state index contributed by atoms with van der Waals surface area (Å²) in [5.74, 6) is 0.484. The minimum absolute atomic E-state index is 0.0652. The second-order valence-electron chi connectivity index (χ2n) is 4.08. The highest BCUT2D eigenvalue weighted by Gasteiger charge is 2.10. The summed E-state index contributed by atoms with van der Waals surface area (Å²) >= 11 is 9.35. The zero-order valence-corrected chi connectivity index (χ0v) is 12.7. The summed E-state index contributed by atoms with van der Waals surface area (Å²) in [6.07, 6.45) is 0. The molecule has 0 amide bonds. The summed E-state index contributed by atoms with van der Waals surface area (Å²) in [7, 11) is 0. The Balaban J connectivity index is 2.20. The Morgan fingerprint density at radius 2 is 2.00 bits per heavy atom. The molecule has 0 heterocycles. The van der Waals surface area contributed by atoms with Gasteiger partial charge in [-0.2, -0.15) is 0 Å². The van der Waals surface area contributed by atoms with Crippen molar-refractivity contribution < 1.29 is 9.53 Å². The van der Waals surface area contributed by atoms with Crippen LogP contribution in [0.5, 0.6) is 5.75 Å². The number of hydrogen-bond donors (Lipinski definition) is 0. The van der Waals surface area contributed by atoms with Gasteiger partial charge in [0.25, 0.3) is 0 Å². The van der Waals surface area contributed by atoms with Gasteiger partial charge in [0, 0.05) is 15.1 Å². The number of rotatable bonds is 4. The molecule has 0 bridgehead atoms. The van der Waals surface area contributed by atoms with Crippen molar-refractivity contribution in [3.8, 4) is 5.75 Å². The van der Waals surface area contributed by atoms with Crippen LogP contribution in [-0.2, 0) is 6.61 Å². The molecule has 0 fully saturated rings. The van der Waals surface area contributed by atoms with Crippen LogP contribution in [0.3, 0.4) is 0 Å². The molecule has 98 valence electrons. The van der Waals surface area contributed by atoms with E-state index >= 15 is 0 Å². The molecule has 0 radical (unpaired) electrons. The summed E-state index contributed by atoms with van der Waals surface area (Å²) < 4.78 is 6.69. The van der Waals surface area contributed by atoms with Crippen LogP contribution in [0.1, 0.15) is 22.8 Å². The largest absolute Gasteiger partial charge is 0.488 e. The number of halogens is 2. The Hall–Kier alpha value is -1.32. The number of hydrogen-bond acceptors (Lipinski definition) is 2. The van der Waals surface area contributed by atoms with Gasteiger partial charge in [-0.25, -0.2) is 0 Å². The fraction of sp³-hybridized carbons (Fsp3) is 0.133. The van der Waals surface area contributed by atoms with Gasteiger partial charge in [0.2, 0.25) is 0 Å². The number of ether oxygens (including phenoxy) is 1. The molecule has 0 N–H and O–H groups in total. The SMILES string of the molecule is CC(=O)c1cc(Cl)ccc1OCc1ccccc1Br.